The molecule has 1 heterocycles. The van der Waals surface area contributed by atoms with Gasteiger partial charge in [0.25, 0.3) is 0 Å². The normalized spacial score (nSPS) is 35.8. The highest BCUT2D eigenvalue weighted by molar-refractivity contribution is 5.97. The Balaban J connectivity index is 2.44. The van der Waals surface area contributed by atoms with E-state index in [9.17, 15) is 9.59 Å². The number of hydrogen-bond acceptors (Lipinski definition) is 3. The van der Waals surface area contributed by atoms with Gasteiger partial charge in [0.1, 0.15) is 5.60 Å². The standard InChI is InChI=1S/C11H12O3/c1-3-11-5-4-8(12)6-9(11)7(2)10(13)14-11/h4-5,9H,2-3,6H2,1H3/t9-,11-/m0/s1. The van der Waals surface area contributed by atoms with Crippen molar-refractivity contribution in [2.24, 2.45) is 5.92 Å². The summed E-state index contributed by atoms with van der Waals surface area (Å²) in [5.41, 5.74) is -0.160. The van der Waals surface area contributed by atoms with Crippen LogP contribution < -0.4 is 0 Å². The summed E-state index contributed by atoms with van der Waals surface area (Å²) in [6, 6.07) is 0. The first kappa shape index (κ1) is 9.19. The van der Waals surface area contributed by atoms with Crippen LogP contribution in [-0.2, 0) is 14.3 Å². The predicted octanol–water partition coefficient (Wildman–Crippen LogP) is 1.39. The Hall–Kier alpha value is -1.38. The van der Waals surface area contributed by atoms with Crippen molar-refractivity contribution in [1.29, 1.82) is 0 Å². The van der Waals surface area contributed by atoms with Crippen molar-refractivity contribution in [2.75, 3.05) is 0 Å². The van der Waals surface area contributed by atoms with E-state index in [1.165, 1.54) is 6.08 Å². The molecule has 0 N–H and O–H groups in total. The van der Waals surface area contributed by atoms with Crippen LogP contribution in [0.25, 0.3) is 0 Å². The summed E-state index contributed by atoms with van der Waals surface area (Å²) in [5, 5.41) is 0. The van der Waals surface area contributed by atoms with Crippen molar-refractivity contribution in [2.45, 2.75) is 25.4 Å². The Morgan fingerprint density at radius 3 is 3.00 bits per heavy atom. The average Bonchev–Trinajstić information content (AvgIpc) is 2.42. The molecule has 74 valence electrons. The van der Waals surface area contributed by atoms with Crippen molar-refractivity contribution in [3.8, 4) is 0 Å². The largest absolute Gasteiger partial charge is 0.451 e. The third-order valence-corrected chi connectivity index (χ3v) is 3.06. The molecule has 0 saturated carbocycles. The van der Waals surface area contributed by atoms with E-state index in [2.05, 4.69) is 6.58 Å². The highest BCUT2D eigenvalue weighted by Crippen LogP contribution is 2.44. The van der Waals surface area contributed by atoms with Gasteiger partial charge in [0.2, 0.25) is 0 Å². The SMILES string of the molecule is C=C1C(=O)O[C@@]2(CC)C=CC(=O)C[C@@H]12. The second-order valence-corrected chi connectivity index (χ2v) is 3.78. The molecule has 3 heteroatoms. The van der Waals surface area contributed by atoms with E-state index >= 15 is 0 Å². The van der Waals surface area contributed by atoms with E-state index in [1.54, 1.807) is 6.08 Å². The first-order chi connectivity index (χ1) is 6.59. The van der Waals surface area contributed by atoms with Crippen molar-refractivity contribution < 1.29 is 14.3 Å². The molecule has 1 saturated heterocycles. The molecule has 1 fully saturated rings. The molecule has 2 rings (SSSR count). The molecular formula is C11H12O3. The van der Waals surface area contributed by atoms with Gasteiger partial charge >= 0.3 is 5.97 Å². The molecule has 1 aliphatic heterocycles. The van der Waals surface area contributed by atoms with Crippen LogP contribution in [0.3, 0.4) is 0 Å². The lowest BCUT2D eigenvalue weighted by Gasteiger charge is -2.31. The molecule has 0 spiro atoms. The van der Waals surface area contributed by atoms with Gasteiger partial charge in [0, 0.05) is 17.9 Å². The quantitative estimate of drug-likeness (QED) is 0.466. The minimum absolute atomic E-state index is 0.0403. The van der Waals surface area contributed by atoms with Crippen LogP contribution in [0.1, 0.15) is 19.8 Å². The number of rotatable bonds is 1. The monoisotopic (exact) mass is 192 g/mol. The highest BCUT2D eigenvalue weighted by Gasteiger charge is 2.51. The summed E-state index contributed by atoms with van der Waals surface area (Å²) in [4.78, 5) is 22.6. The average molecular weight is 192 g/mol. The summed E-state index contributed by atoms with van der Waals surface area (Å²) < 4.78 is 5.29. The molecule has 2 aliphatic rings. The number of hydrogen-bond donors (Lipinski definition) is 0. The second-order valence-electron chi connectivity index (χ2n) is 3.78. The number of carbonyl (C=O) groups is 2. The number of fused-ring (bicyclic) bond motifs is 1. The first-order valence-corrected chi connectivity index (χ1v) is 4.73. The minimum Gasteiger partial charge on any atom is -0.451 e. The maximum absolute atomic E-state index is 11.3. The van der Waals surface area contributed by atoms with Crippen LogP contribution in [-0.4, -0.2) is 17.4 Å². The van der Waals surface area contributed by atoms with E-state index in [0.29, 0.717) is 18.4 Å². The van der Waals surface area contributed by atoms with Crippen LogP contribution in [0.2, 0.25) is 0 Å². The van der Waals surface area contributed by atoms with Gasteiger partial charge in [-0.25, -0.2) is 4.79 Å². The molecule has 3 nitrogen and oxygen atoms in total. The number of ether oxygens (including phenoxy) is 1. The summed E-state index contributed by atoms with van der Waals surface area (Å²) in [6.07, 6.45) is 4.24. The lowest BCUT2D eigenvalue weighted by Crippen LogP contribution is -2.36. The summed E-state index contributed by atoms with van der Waals surface area (Å²) in [7, 11) is 0. The fraction of sp³-hybridized carbons (Fsp3) is 0.455. The number of carbonyl (C=O) groups excluding carboxylic acids is 2. The number of allylic oxidation sites excluding steroid dienone is 1. The molecule has 0 aromatic heterocycles. The Labute approximate surface area is 82.4 Å². The fourth-order valence-corrected chi connectivity index (χ4v) is 2.13. The van der Waals surface area contributed by atoms with E-state index in [4.69, 9.17) is 4.74 Å². The van der Waals surface area contributed by atoms with Gasteiger partial charge in [0.05, 0.1) is 0 Å². The highest BCUT2D eigenvalue weighted by atomic mass is 16.6. The molecule has 1 aliphatic carbocycles. The Bertz CT molecular complexity index is 354. The van der Waals surface area contributed by atoms with Crippen LogP contribution in [0.15, 0.2) is 24.3 Å². The zero-order valence-corrected chi connectivity index (χ0v) is 8.08. The van der Waals surface area contributed by atoms with Crippen LogP contribution >= 0.6 is 0 Å². The molecule has 0 bridgehead atoms. The van der Waals surface area contributed by atoms with E-state index in [1.807, 2.05) is 6.92 Å². The molecule has 0 aromatic rings. The first-order valence-electron chi connectivity index (χ1n) is 4.73. The maximum atomic E-state index is 11.3. The van der Waals surface area contributed by atoms with Gasteiger partial charge in [-0.1, -0.05) is 13.5 Å². The lowest BCUT2D eigenvalue weighted by molar-refractivity contribution is -0.145. The van der Waals surface area contributed by atoms with Gasteiger partial charge in [-0.2, -0.15) is 0 Å². The molecule has 0 amide bonds. The van der Waals surface area contributed by atoms with Crippen LogP contribution in [0.4, 0.5) is 0 Å². The molecule has 0 aromatic carbocycles. The van der Waals surface area contributed by atoms with Crippen molar-refractivity contribution in [3.05, 3.63) is 24.3 Å². The Kier molecular flexibility index (Phi) is 1.84. The summed E-state index contributed by atoms with van der Waals surface area (Å²) in [6.45, 7) is 5.63. The number of ketones is 1. The van der Waals surface area contributed by atoms with Crippen molar-refractivity contribution in [3.63, 3.8) is 0 Å². The smallest absolute Gasteiger partial charge is 0.334 e. The van der Waals surface area contributed by atoms with Gasteiger partial charge in [-0.15, -0.1) is 0 Å². The van der Waals surface area contributed by atoms with Gasteiger partial charge < -0.3 is 4.74 Å². The predicted molar refractivity (Wildman–Crippen MR) is 50.5 cm³/mol. The van der Waals surface area contributed by atoms with Gasteiger partial charge in [0.15, 0.2) is 5.78 Å². The van der Waals surface area contributed by atoms with Crippen LogP contribution in [0.5, 0.6) is 0 Å². The van der Waals surface area contributed by atoms with Gasteiger partial charge in [-0.05, 0) is 18.6 Å². The number of esters is 1. The van der Waals surface area contributed by atoms with E-state index in [-0.39, 0.29) is 17.7 Å². The summed E-state index contributed by atoms with van der Waals surface area (Å²) in [5.74, 6) is -0.479. The molecule has 2 atom stereocenters. The fourth-order valence-electron chi connectivity index (χ4n) is 2.13. The summed E-state index contributed by atoms with van der Waals surface area (Å²) >= 11 is 0. The third-order valence-electron chi connectivity index (χ3n) is 3.06. The molecule has 14 heavy (non-hydrogen) atoms. The van der Waals surface area contributed by atoms with E-state index in [0.717, 1.165) is 0 Å². The van der Waals surface area contributed by atoms with Crippen LogP contribution in [0, 0.1) is 5.92 Å². The Morgan fingerprint density at radius 1 is 1.64 bits per heavy atom. The van der Waals surface area contributed by atoms with Gasteiger partial charge in [-0.3, -0.25) is 4.79 Å². The molecular weight excluding hydrogens is 180 g/mol. The van der Waals surface area contributed by atoms with Crippen molar-refractivity contribution >= 4 is 11.8 Å². The Morgan fingerprint density at radius 2 is 2.36 bits per heavy atom. The minimum atomic E-state index is -0.595. The molecule has 0 unspecified atom stereocenters. The third kappa shape index (κ3) is 1.05. The zero-order chi connectivity index (χ0) is 10.3. The zero-order valence-electron chi connectivity index (χ0n) is 8.08. The topological polar surface area (TPSA) is 43.4 Å². The molecule has 0 radical (unpaired) electrons. The second kappa shape index (κ2) is 2.80. The van der Waals surface area contributed by atoms with E-state index < -0.39 is 5.60 Å². The van der Waals surface area contributed by atoms with Crippen molar-refractivity contribution in [1.82, 2.24) is 0 Å². The lowest BCUT2D eigenvalue weighted by atomic mass is 9.76. The maximum Gasteiger partial charge on any atom is 0.334 e.